The molecule has 7 nitrogen and oxygen atoms in total. The summed E-state index contributed by atoms with van der Waals surface area (Å²) in [5.41, 5.74) is 24.5. The zero-order chi connectivity index (χ0) is 82.1. The van der Waals surface area contributed by atoms with E-state index in [-0.39, 0.29) is 40.2 Å². The Bertz CT molecular complexity index is 7050. The molecule has 13 aromatic carbocycles. The van der Waals surface area contributed by atoms with Crippen LogP contribution in [0.3, 0.4) is 0 Å². The molecule has 0 aliphatic heterocycles. The van der Waals surface area contributed by atoms with Gasteiger partial charge in [-0.25, -0.2) is 0 Å². The van der Waals surface area contributed by atoms with Gasteiger partial charge in [0.1, 0.15) is 11.2 Å². The largest absolute Gasteiger partial charge is 3.00 e. The van der Waals surface area contributed by atoms with Gasteiger partial charge in [0.25, 0.3) is 0 Å². The van der Waals surface area contributed by atoms with Crippen LogP contribution in [0.5, 0.6) is 0 Å². The molecule has 0 bridgehead atoms. The Hall–Kier alpha value is -13.6. The number of nitrogens with zero attached hydrogens (tertiary/aromatic N) is 6. The molecule has 0 aliphatic rings. The SMILES string of the molecule is Cc1cc(-c2nc(C(C)(c3[c-]cccc3)c3ccccn3)cc3c2oc2c4ccccc4ccc32)[c-]c(C(C)(c2[c-]ccc(-c3ccc(-c4ccccc4)cc3)c2)c2ccccn2)c1.Cc1cc(-c2nc(C(C)(c3[c-]cccc3)c3ccccn3)cc3ccccc23)[c-]c(C(C)(c2[c-]ccc(-c3ccc(-c4ccccc4)cc3)c2)c2ccccn2)c1.[Ir+3].[Ir+3]. The van der Waals surface area contributed by atoms with Crippen molar-refractivity contribution < 1.29 is 44.6 Å². The van der Waals surface area contributed by atoms with Crippen LogP contribution >= 0.6 is 0 Å². The van der Waals surface area contributed by atoms with Crippen LogP contribution in [-0.4, -0.2) is 29.9 Å². The second-order valence-corrected chi connectivity index (χ2v) is 31.8. The second kappa shape index (κ2) is 34.8. The smallest absolute Gasteiger partial charge is 0.463 e. The van der Waals surface area contributed by atoms with E-state index < -0.39 is 21.7 Å². The predicted octanol–water partition coefficient (Wildman–Crippen LogP) is 26.8. The van der Waals surface area contributed by atoms with Crippen LogP contribution in [0.4, 0.5) is 0 Å². The molecule has 0 N–H and O–H groups in total. The third-order valence-corrected chi connectivity index (χ3v) is 24.3. The molecule has 0 saturated carbocycles. The maximum absolute atomic E-state index is 7.04. The summed E-state index contributed by atoms with van der Waals surface area (Å²) in [4.78, 5) is 31.1. The molecule has 0 spiro atoms. The third kappa shape index (κ3) is 15.5. The quantitative estimate of drug-likeness (QED) is 0.0791. The van der Waals surface area contributed by atoms with Crippen molar-refractivity contribution >= 4 is 43.5 Å². The van der Waals surface area contributed by atoms with E-state index in [0.717, 1.165) is 156 Å². The summed E-state index contributed by atoms with van der Waals surface area (Å²) in [5, 5.41) is 6.31. The van der Waals surface area contributed by atoms with Crippen LogP contribution in [0.15, 0.2) is 393 Å². The average molecular weight is 1940 g/mol. The summed E-state index contributed by atoms with van der Waals surface area (Å²) in [6.07, 6.45) is 7.43. The van der Waals surface area contributed by atoms with Gasteiger partial charge in [-0.3, -0.25) is 29.9 Å². The van der Waals surface area contributed by atoms with Gasteiger partial charge in [-0.15, -0.1) is 103 Å². The number of hydrogen-bond acceptors (Lipinski definition) is 7. The van der Waals surface area contributed by atoms with Crippen molar-refractivity contribution in [1.82, 2.24) is 29.9 Å². The fourth-order valence-electron chi connectivity index (χ4n) is 17.4. The Morgan fingerprint density at radius 1 is 0.244 bits per heavy atom. The first-order valence-corrected chi connectivity index (χ1v) is 41.0. The zero-order valence-electron chi connectivity index (χ0n) is 68.7. The monoisotopic (exact) mass is 1940 g/mol. The van der Waals surface area contributed by atoms with Crippen molar-refractivity contribution in [3.8, 4) is 67.0 Å². The summed E-state index contributed by atoms with van der Waals surface area (Å²) in [7, 11) is 0. The Morgan fingerprint density at radius 2 is 0.626 bits per heavy atom. The van der Waals surface area contributed by atoms with Crippen LogP contribution in [0.25, 0.3) is 111 Å². The van der Waals surface area contributed by atoms with Gasteiger partial charge in [-0.1, -0.05) is 202 Å². The molecule has 7 heterocycles. The van der Waals surface area contributed by atoms with Crippen LogP contribution in [0.2, 0.25) is 0 Å². The maximum atomic E-state index is 7.04. The number of aromatic nitrogens is 6. The second-order valence-electron chi connectivity index (χ2n) is 31.8. The van der Waals surface area contributed by atoms with E-state index >= 15 is 0 Å². The number of fused-ring (bicyclic) bond motifs is 6. The number of furan rings is 1. The Kier molecular flexibility index (Phi) is 23.2. The number of rotatable bonds is 18. The maximum Gasteiger partial charge on any atom is 3.00 e. The van der Waals surface area contributed by atoms with E-state index in [0.29, 0.717) is 11.3 Å². The van der Waals surface area contributed by atoms with Gasteiger partial charge in [0, 0.05) is 68.9 Å². The Morgan fingerprint density at radius 3 is 1.08 bits per heavy atom. The van der Waals surface area contributed by atoms with Crippen LogP contribution in [0, 0.1) is 50.2 Å². The molecule has 123 heavy (non-hydrogen) atoms. The van der Waals surface area contributed by atoms with Gasteiger partial charge in [-0.05, 0) is 150 Å². The molecule has 0 fully saturated rings. The number of pyridine rings is 6. The van der Waals surface area contributed by atoms with Crippen LogP contribution < -0.4 is 0 Å². The van der Waals surface area contributed by atoms with E-state index in [1.165, 1.54) is 22.3 Å². The average Bonchev–Trinajstić information content (AvgIpc) is 1.69. The summed E-state index contributed by atoms with van der Waals surface area (Å²) in [6, 6.07) is 149. The summed E-state index contributed by atoms with van der Waals surface area (Å²) in [6.45, 7) is 13.1. The molecule has 592 valence electrons. The summed E-state index contributed by atoms with van der Waals surface area (Å²) >= 11 is 0. The minimum absolute atomic E-state index is 0. The molecule has 20 aromatic rings. The normalized spacial score (nSPS) is 13.3. The van der Waals surface area contributed by atoms with Gasteiger partial charge in [-0.2, -0.15) is 109 Å². The van der Waals surface area contributed by atoms with Gasteiger partial charge in [0.05, 0.1) is 33.6 Å². The van der Waals surface area contributed by atoms with E-state index in [1.54, 1.807) is 0 Å². The molecule has 0 saturated heterocycles. The van der Waals surface area contributed by atoms with Gasteiger partial charge in [0.15, 0.2) is 0 Å². The molecule has 4 atom stereocenters. The van der Waals surface area contributed by atoms with Gasteiger partial charge in [0.2, 0.25) is 0 Å². The number of benzene rings is 13. The topological polar surface area (TPSA) is 90.5 Å². The first-order chi connectivity index (χ1) is 59.3. The fourth-order valence-corrected chi connectivity index (χ4v) is 17.4. The molecule has 20 rings (SSSR count). The van der Waals surface area contributed by atoms with Gasteiger partial charge >= 0.3 is 40.2 Å². The van der Waals surface area contributed by atoms with Crippen molar-refractivity contribution in [3.05, 3.63) is 504 Å². The van der Waals surface area contributed by atoms with Crippen molar-refractivity contribution in [2.24, 2.45) is 0 Å². The van der Waals surface area contributed by atoms with Crippen molar-refractivity contribution in [2.45, 2.75) is 63.2 Å². The van der Waals surface area contributed by atoms with Crippen LogP contribution in [-0.2, 0) is 61.9 Å². The Labute approximate surface area is 746 Å². The van der Waals surface area contributed by atoms with Gasteiger partial charge < -0.3 is 4.42 Å². The molecule has 4 unspecified atom stereocenters. The molecule has 0 aliphatic carbocycles. The standard InChI is InChI=1S/C60H42N3O.C54H40N3.2Ir/c1-40-35-46(38-49(36-40)59(2,53-25-12-14-33-61-53)48-23-16-20-45(37-48)43-29-27-42(28-30-43)41-17-6-4-7-18-41)56-58-52(51-32-31-44-19-10-11-24-50(44)57(51)64-58)39-55(63-56)60(3,47-21-8-5-9-22-47)54-26-13-15-34-62-54;1-38-33-44(52-48-24-11-10-19-43(48)37-51(57-52)54(3,45-21-8-5-9-22-45)50-26-13-15-32-56-50)36-47(34-38)53(2,49-25-12-14-31-55-49)46-23-16-20-42(35-46)41-29-27-40(28-30-41)39-17-6-4-7-18-39;;/h4-21,24-37,39H,1-3H3;4-21,24-35,37H,1-3H3;;/q2*-3;2*+3. The third-order valence-electron chi connectivity index (χ3n) is 24.3. The molecule has 0 radical (unpaired) electrons. The number of hydrogen-bond donors (Lipinski definition) is 0. The van der Waals surface area contributed by atoms with Crippen molar-refractivity contribution in [2.75, 3.05) is 0 Å². The minimum atomic E-state index is -0.768. The van der Waals surface area contributed by atoms with Crippen molar-refractivity contribution in [3.63, 3.8) is 0 Å². The minimum Gasteiger partial charge on any atom is -0.463 e. The fraction of sp³-hybridized carbons (Fsp3) is 0.0877. The Balaban J connectivity index is 0.000000173. The van der Waals surface area contributed by atoms with Crippen molar-refractivity contribution in [1.29, 1.82) is 0 Å². The molecule has 9 heteroatoms. The number of aryl methyl sites for hydroxylation is 2. The molecule has 7 aromatic heterocycles. The molecular weight excluding hydrogens is 1850 g/mol. The van der Waals surface area contributed by atoms with E-state index in [9.17, 15) is 0 Å². The molecule has 0 amide bonds. The first-order valence-electron chi connectivity index (χ1n) is 41.0. The van der Waals surface area contributed by atoms with E-state index in [1.807, 2.05) is 110 Å². The van der Waals surface area contributed by atoms with E-state index in [2.05, 4.69) is 357 Å². The van der Waals surface area contributed by atoms with Crippen LogP contribution in [0.1, 0.15) is 106 Å². The predicted molar refractivity (Wildman–Crippen MR) is 491 cm³/mol. The zero-order valence-corrected chi connectivity index (χ0v) is 73.5. The molecular formula is C114H82Ir2N6O. The van der Waals surface area contributed by atoms with E-state index in [4.69, 9.17) is 34.3 Å². The summed E-state index contributed by atoms with van der Waals surface area (Å²) < 4.78 is 7.04. The first kappa shape index (κ1) is 81.7. The summed E-state index contributed by atoms with van der Waals surface area (Å²) in [5.74, 6) is 0.